The van der Waals surface area contributed by atoms with Crippen molar-refractivity contribution in [1.82, 2.24) is 5.32 Å². The van der Waals surface area contributed by atoms with Crippen molar-refractivity contribution in [2.75, 3.05) is 5.32 Å². The minimum absolute atomic E-state index is 0.337. The predicted octanol–water partition coefficient (Wildman–Crippen LogP) is 0.512. The molecule has 0 fully saturated rings. The third-order valence-electron chi connectivity index (χ3n) is 3.68. The van der Waals surface area contributed by atoms with E-state index in [0.29, 0.717) is 22.3 Å². The average Bonchev–Trinajstić information content (AvgIpc) is 2.56. The highest BCUT2D eigenvalue weighted by molar-refractivity contribution is 6.33. The van der Waals surface area contributed by atoms with Gasteiger partial charge < -0.3 is 11.1 Å². The number of nitrogens with zero attached hydrogens (tertiary/aromatic N) is 1. The van der Waals surface area contributed by atoms with Crippen LogP contribution in [0.4, 0.5) is 5.69 Å². The number of hydrogen-bond acceptors (Lipinski definition) is 3. The predicted molar refractivity (Wildman–Crippen MR) is 93.5 cm³/mol. The minimum Gasteiger partial charge on any atom is -0.323 e. The third-order valence-corrected chi connectivity index (χ3v) is 3.99. The summed E-state index contributed by atoms with van der Waals surface area (Å²) in [6.45, 7) is 0. The van der Waals surface area contributed by atoms with Crippen molar-refractivity contribution < 1.29 is 9.59 Å². The van der Waals surface area contributed by atoms with Crippen LogP contribution in [0.1, 0.15) is 5.56 Å². The highest BCUT2D eigenvalue weighted by Crippen LogP contribution is 2.18. The quantitative estimate of drug-likeness (QED) is 0.850. The maximum Gasteiger partial charge on any atom is 0.270 e. The van der Waals surface area contributed by atoms with Crippen molar-refractivity contribution in [2.45, 2.75) is 12.5 Å². The molecule has 0 aliphatic carbocycles. The molecule has 1 aliphatic heterocycles. The lowest BCUT2D eigenvalue weighted by Gasteiger charge is -2.14. The maximum absolute atomic E-state index is 12.3. The number of amides is 2. The van der Waals surface area contributed by atoms with Crippen LogP contribution in [0.3, 0.4) is 0 Å². The molecule has 1 heterocycles. The molecule has 0 saturated heterocycles. The van der Waals surface area contributed by atoms with Gasteiger partial charge in [0.2, 0.25) is 5.91 Å². The first kappa shape index (κ1) is 16.2. The fourth-order valence-electron chi connectivity index (χ4n) is 2.43. The molecule has 2 aromatic carbocycles. The summed E-state index contributed by atoms with van der Waals surface area (Å²) in [6.07, 6.45) is 3.27. The fourth-order valence-corrected chi connectivity index (χ4v) is 2.65. The Morgan fingerprint density at radius 1 is 1.21 bits per heavy atom. The lowest BCUT2D eigenvalue weighted by molar-refractivity contribution is -0.117. The maximum atomic E-state index is 12.3. The molecule has 0 unspecified atom stereocenters. The van der Waals surface area contributed by atoms with E-state index in [0.717, 1.165) is 10.8 Å². The van der Waals surface area contributed by atoms with Gasteiger partial charge in [0, 0.05) is 17.5 Å². The van der Waals surface area contributed by atoms with Crippen LogP contribution >= 0.6 is 11.6 Å². The summed E-state index contributed by atoms with van der Waals surface area (Å²) in [7, 11) is 0. The van der Waals surface area contributed by atoms with Crippen molar-refractivity contribution in [1.29, 1.82) is 0 Å². The zero-order valence-electron chi connectivity index (χ0n) is 12.7. The molecule has 3 rings (SSSR count). The first-order valence-electron chi connectivity index (χ1n) is 7.39. The number of nitrogens with one attached hydrogen (secondary N) is 1. The monoisotopic (exact) mass is 340 g/mol. The van der Waals surface area contributed by atoms with E-state index in [-0.39, 0.29) is 11.8 Å². The van der Waals surface area contributed by atoms with Gasteiger partial charge in [0.1, 0.15) is 0 Å². The minimum atomic E-state index is -0.702. The Labute approximate surface area is 143 Å². The summed E-state index contributed by atoms with van der Waals surface area (Å²) in [5.74, 6) is -0.681. The van der Waals surface area contributed by atoms with Crippen LogP contribution in [-0.2, 0) is 16.0 Å². The van der Waals surface area contributed by atoms with Crippen molar-refractivity contribution in [3.05, 3.63) is 63.5 Å². The van der Waals surface area contributed by atoms with Gasteiger partial charge in [-0.2, -0.15) is 0 Å². The number of benzene rings is 2. The number of rotatable bonds is 4. The molecule has 1 radical (unpaired) electrons. The van der Waals surface area contributed by atoms with Gasteiger partial charge in [0.15, 0.2) is 0 Å². The second-order valence-corrected chi connectivity index (χ2v) is 5.89. The molecular weight excluding hydrogens is 326 g/mol. The van der Waals surface area contributed by atoms with Crippen molar-refractivity contribution in [3.63, 3.8) is 0 Å². The topological polar surface area (TPSA) is 86.3 Å². The third kappa shape index (κ3) is 3.64. The van der Waals surface area contributed by atoms with E-state index in [1.807, 2.05) is 30.3 Å². The molecule has 0 saturated carbocycles. The molecule has 0 bridgehead atoms. The van der Waals surface area contributed by atoms with E-state index in [1.54, 1.807) is 12.1 Å². The number of anilines is 1. The smallest absolute Gasteiger partial charge is 0.270 e. The Kier molecular flexibility index (Phi) is 4.64. The first-order chi connectivity index (χ1) is 11.5. The zero-order valence-corrected chi connectivity index (χ0v) is 13.5. The van der Waals surface area contributed by atoms with Gasteiger partial charge in [0.25, 0.3) is 5.91 Å². The number of nitrogens with two attached hydrogens (primary N) is 1. The van der Waals surface area contributed by atoms with Crippen LogP contribution in [0.2, 0.25) is 5.02 Å². The van der Waals surface area contributed by atoms with Crippen LogP contribution in [0, 0.1) is 0 Å². The molecule has 121 valence electrons. The van der Waals surface area contributed by atoms with E-state index < -0.39 is 6.04 Å². The van der Waals surface area contributed by atoms with Gasteiger partial charge in [-0.05, 0) is 29.3 Å². The Bertz CT molecular complexity index is 910. The van der Waals surface area contributed by atoms with E-state index in [2.05, 4.69) is 10.6 Å². The Hall–Kier alpha value is -2.63. The van der Waals surface area contributed by atoms with Crippen molar-refractivity contribution in [2.24, 2.45) is 5.73 Å². The zero-order chi connectivity index (χ0) is 17.1. The number of halogens is 1. The van der Waals surface area contributed by atoms with E-state index in [4.69, 9.17) is 17.3 Å². The van der Waals surface area contributed by atoms with Gasteiger partial charge >= 0.3 is 0 Å². The molecule has 0 spiro atoms. The van der Waals surface area contributed by atoms with Gasteiger partial charge in [-0.15, -0.1) is 0 Å². The summed E-state index contributed by atoms with van der Waals surface area (Å²) in [6, 6.07) is 12.1. The largest absolute Gasteiger partial charge is 0.323 e. The second-order valence-electron chi connectivity index (χ2n) is 5.49. The molecule has 2 amide bonds. The van der Waals surface area contributed by atoms with Crippen LogP contribution in [0.25, 0.3) is 12.3 Å². The van der Waals surface area contributed by atoms with Crippen LogP contribution in [-0.4, -0.2) is 17.9 Å². The molecule has 1 atom stereocenters. The number of carbonyl (C=O) groups is 2. The fraction of sp³-hybridized carbons (Fsp3) is 0.111. The molecule has 6 heteroatoms. The average molecular weight is 341 g/mol. The summed E-state index contributed by atoms with van der Waals surface area (Å²) < 4.78 is 0. The standard InChI is InChI=1S/C18H15ClN3O2/c19-14-7-13-10-21-17(23)9-12(13)8-16(14)22-18(24)15(20)6-11-4-2-1-3-5-11/h1-5,7-10,15H,6,20H2,(H,22,24)/t15-/m0/s1. The normalized spacial score (nSPS) is 13.8. The summed E-state index contributed by atoms with van der Waals surface area (Å²) in [5, 5.41) is 8.17. The highest BCUT2D eigenvalue weighted by atomic mass is 35.5. The molecular formula is C18H15ClN3O2. The SMILES string of the molecule is N[C@@H](Cc1ccccc1)C(=O)Nc1cc2c(cc1Cl)=C[N]C(=O)C=2. The second kappa shape index (κ2) is 6.86. The molecule has 5 nitrogen and oxygen atoms in total. The first-order valence-corrected chi connectivity index (χ1v) is 7.77. The molecule has 1 aliphatic rings. The van der Waals surface area contributed by atoms with Gasteiger partial charge in [-0.3, -0.25) is 9.59 Å². The van der Waals surface area contributed by atoms with Crippen molar-refractivity contribution in [3.8, 4) is 0 Å². The highest BCUT2D eigenvalue weighted by Gasteiger charge is 2.16. The summed E-state index contributed by atoms with van der Waals surface area (Å²) >= 11 is 6.19. The Morgan fingerprint density at radius 3 is 2.71 bits per heavy atom. The van der Waals surface area contributed by atoms with Crippen LogP contribution in [0.15, 0.2) is 42.5 Å². The molecule has 2 aromatic rings. The number of fused-ring (bicyclic) bond motifs is 1. The molecule has 3 N–H and O–H groups in total. The van der Waals surface area contributed by atoms with Crippen LogP contribution in [0.5, 0.6) is 0 Å². The molecule has 0 aromatic heterocycles. The lowest BCUT2D eigenvalue weighted by Crippen LogP contribution is -2.38. The van der Waals surface area contributed by atoms with Crippen LogP contribution < -0.4 is 26.8 Å². The van der Waals surface area contributed by atoms with Gasteiger partial charge in [-0.1, -0.05) is 41.9 Å². The number of hydrogen-bond donors (Lipinski definition) is 2. The van der Waals surface area contributed by atoms with E-state index in [9.17, 15) is 9.59 Å². The van der Waals surface area contributed by atoms with Gasteiger partial charge in [-0.25, -0.2) is 5.32 Å². The van der Waals surface area contributed by atoms with E-state index in [1.165, 1.54) is 12.3 Å². The number of carbonyl (C=O) groups excluding carboxylic acids is 2. The Morgan fingerprint density at radius 2 is 1.96 bits per heavy atom. The molecule has 24 heavy (non-hydrogen) atoms. The Balaban J connectivity index is 1.78. The van der Waals surface area contributed by atoms with Crippen molar-refractivity contribution >= 4 is 41.4 Å². The van der Waals surface area contributed by atoms with Gasteiger partial charge in [0.05, 0.1) is 16.8 Å². The lowest BCUT2D eigenvalue weighted by atomic mass is 10.1. The summed E-state index contributed by atoms with van der Waals surface area (Å²) in [5.41, 5.74) is 7.37. The summed E-state index contributed by atoms with van der Waals surface area (Å²) in [4.78, 5) is 23.7. The van der Waals surface area contributed by atoms with E-state index >= 15 is 0 Å².